The molecule has 3 N–H and O–H groups in total. The van der Waals surface area contributed by atoms with E-state index >= 15 is 0 Å². The van der Waals surface area contributed by atoms with Crippen molar-refractivity contribution >= 4 is 63.4 Å². The van der Waals surface area contributed by atoms with Gasteiger partial charge in [0.25, 0.3) is 0 Å². The fourth-order valence-electron chi connectivity index (χ4n) is 2.86. The number of anilines is 3. The smallest absolute Gasteiger partial charge is 0.329 e. The fraction of sp³-hybridized carbons (Fsp3) is 0.231. The number of nitrogens with one attached hydrogen (secondary N) is 1. The first-order valence-corrected chi connectivity index (χ1v) is 13.6. The Morgan fingerprint density at radius 1 is 0.733 bits per heavy atom. The van der Waals surface area contributed by atoms with Crippen molar-refractivity contribution in [1.82, 2.24) is 19.9 Å². The third-order valence-corrected chi connectivity index (χ3v) is 5.58. The predicted molar refractivity (Wildman–Crippen MR) is 168 cm³/mol. The van der Waals surface area contributed by atoms with Gasteiger partial charge < -0.3 is 30.0 Å². The van der Waals surface area contributed by atoms with Gasteiger partial charge in [0.1, 0.15) is 37.1 Å². The molecule has 0 saturated carbocycles. The summed E-state index contributed by atoms with van der Waals surface area (Å²) in [5.74, 6) is 1.51. The van der Waals surface area contributed by atoms with Gasteiger partial charge in [-0.2, -0.15) is 9.97 Å². The van der Waals surface area contributed by atoms with Gasteiger partial charge in [0.15, 0.2) is 0 Å². The molecule has 0 saturated heterocycles. The van der Waals surface area contributed by atoms with Crippen molar-refractivity contribution in [2.45, 2.75) is 0 Å². The van der Waals surface area contributed by atoms with E-state index in [-0.39, 0.29) is 32.9 Å². The molecule has 240 valence electrons. The van der Waals surface area contributed by atoms with Crippen LogP contribution in [0, 0.1) is 20.2 Å². The molecular weight excluding hydrogens is 659 g/mol. The van der Waals surface area contributed by atoms with E-state index in [2.05, 4.69) is 25.3 Å². The van der Waals surface area contributed by atoms with Crippen molar-refractivity contribution in [3.8, 4) is 11.5 Å². The number of nitrogens with two attached hydrogens (primary N) is 1. The highest BCUT2D eigenvalue weighted by atomic mass is 35.5. The third kappa shape index (κ3) is 13.7. The Bertz CT molecular complexity index is 1520. The number of nitrogens with zero attached hydrogens (tertiary/aromatic N) is 6. The van der Waals surface area contributed by atoms with Crippen LogP contribution in [0.4, 0.5) is 28.6 Å². The SMILES string of the molecule is COCCOc1ccc(N)cc1.COCCOc1ccc(Nc2nc(Cl)ncc2[N+](=O)[O-])cc1.O=[N+]([O-])c1cnc(Cl)nc1Cl. The van der Waals surface area contributed by atoms with Crippen LogP contribution < -0.4 is 20.5 Å². The molecule has 0 spiro atoms. The summed E-state index contributed by atoms with van der Waals surface area (Å²) in [4.78, 5) is 34.0. The van der Waals surface area contributed by atoms with E-state index in [4.69, 9.17) is 59.5 Å². The van der Waals surface area contributed by atoms with Crippen molar-refractivity contribution in [2.24, 2.45) is 0 Å². The Kier molecular flexibility index (Phi) is 16.0. The predicted octanol–water partition coefficient (Wildman–Crippen LogP) is 5.79. The third-order valence-electron chi connectivity index (χ3n) is 4.94. The quantitative estimate of drug-likeness (QED) is 0.0451. The highest BCUT2D eigenvalue weighted by Crippen LogP contribution is 2.27. The minimum Gasteiger partial charge on any atom is -0.491 e. The summed E-state index contributed by atoms with van der Waals surface area (Å²) < 4.78 is 20.5. The topological polar surface area (TPSA) is 213 Å². The molecule has 0 unspecified atom stereocenters. The average molecular weight is 686 g/mol. The monoisotopic (exact) mass is 684 g/mol. The normalized spacial score (nSPS) is 9.98. The molecule has 19 heteroatoms. The van der Waals surface area contributed by atoms with Crippen LogP contribution >= 0.6 is 34.8 Å². The summed E-state index contributed by atoms with van der Waals surface area (Å²) in [5.41, 5.74) is 6.24. The second-order valence-electron chi connectivity index (χ2n) is 8.10. The number of hydrogen-bond donors (Lipinski definition) is 2. The number of benzene rings is 2. The fourth-order valence-corrected chi connectivity index (χ4v) is 3.37. The molecule has 2 heterocycles. The molecule has 0 amide bonds. The Balaban J connectivity index is 0.000000259. The second kappa shape index (κ2) is 19.6. The number of hydrogen-bond acceptors (Lipinski definition) is 14. The molecule has 0 atom stereocenters. The molecule has 16 nitrogen and oxygen atoms in total. The summed E-state index contributed by atoms with van der Waals surface area (Å²) in [6, 6.07) is 14.2. The van der Waals surface area contributed by atoms with E-state index in [1.54, 1.807) is 38.5 Å². The van der Waals surface area contributed by atoms with Gasteiger partial charge in [-0.1, -0.05) is 11.6 Å². The van der Waals surface area contributed by atoms with E-state index in [0.717, 1.165) is 23.8 Å². The molecule has 0 aliphatic rings. The first-order chi connectivity index (χ1) is 21.5. The van der Waals surface area contributed by atoms with E-state index in [9.17, 15) is 20.2 Å². The lowest BCUT2D eigenvalue weighted by atomic mass is 10.3. The molecule has 2 aromatic carbocycles. The molecule has 0 aliphatic carbocycles. The van der Waals surface area contributed by atoms with Gasteiger partial charge in [-0.15, -0.1) is 0 Å². The van der Waals surface area contributed by atoms with Crippen LogP contribution in [-0.2, 0) is 9.47 Å². The molecule has 0 fully saturated rings. The number of methoxy groups -OCH3 is 2. The number of ether oxygens (including phenoxy) is 4. The van der Waals surface area contributed by atoms with Gasteiger partial charge in [0, 0.05) is 25.6 Å². The van der Waals surface area contributed by atoms with Crippen molar-refractivity contribution < 1.29 is 28.8 Å². The second-order valence-corrected chi connectivity index (χ2v) is 9.14. The van der Waals surface area contributed by atoms with Gasteiger partial charge in [-0.25, -0.2) is 9.97 Å². The largest absolute Gasteiger partial charge is 0.491 e. The Labute approximate surface area is 271 Å². The van der Waals surface area contributed by atoms with Crippen LogP contribution in [-0.4, -0.2) is 70.4 Å². The lowest BCUT2D eigenvalue weighted by Crippen LogP contribution is -2.04. The van der Waals surface area contributed by atoms with Crippen LogP contribution in [0.15, 0.2) is 60.9 Å². The molecule has 4 aromatic rings. The van der Waals surface area contributed by atoms with E-state index in [1.807, 2.05) is 24.3 Å². The van der Waals surface area contributed by atoms with Gasteiger partial charge in [0.2, 0.25) is 21.5 Å². The maximum absolute atomic E-state index is 10.9. The van der Waals surface area contributed by atoms with Gasteiger partial charge >= 0.3 is 11.4 Å². The molecular formula is C26H27Cl3N8O8. The lowest BCUT2D eigenvalue weighted by molar-refractivity contribution is -0.385. The number of nitrogen functional groups attached to an aromatic ring is 1. The highest BCUT2D eigenvalue weighted by Gasteiger charge is 2.17. The number of rotatable bonds is 12. The van der Waals surface area contributed by atoms with Gasteiger partial charge in [0.05, 0.1) is 23.1 Å². The van der Waals surface area contributed by atoms with Crippen molar-refractivity contribution in [2.75, 3.05) is 51.7 Å². The van der Waals surface area contributed by atoms with E-state index in [0.29, 0.717) is 37.9 Å². The summed E-state index contributed by atoms with van der Waals surface area (Å²) in [6.07, 6.45) is 2.01. The maximum Gasteiger partial charge on any atom is 0.329 e. The molecule has 2 aromatic heterocycles. The van der Waals surface area contributed by atoms with Gasteiger partial charge in [-0.05, 0) is 71.7 Å². The zero-order chi connectivity index (χ0) is 33.2. The Morgan fingerprint density at radius 3 is 1.67 bits per heavy atom. The lowest BCUT2D eigenvalue weighted by Gasteiger charge is -2.08. The van der Waals surface area contributed by atoms with Crippen molar-refractivity contribution in [1.29, 1.82) is 0 Å². The minimum absolute atomic E-state index is 0.0260. The molecule has 0 bridgehead atoms. The standard InChI is InChI=1S/C13H13ClN4O4.C9H13NO2.C4HCl2N3O2/c1-21-6-7-22-10-4-2-9(3-5-10)16-12-11(18(19)20)8-15-13(14)17-12;1-11-6-7-12-9-4-2-8(10)3-5-9;5-3-2(9(10)11)1-7-4(6)8-3/h2-5,8H,6-7H2,1H3,(H,15,16,17);2-5H,6-7,10H2,1H3;1H. The van der Waals surface area contributed by atoms with E-state index in [1.165, 1.54) is 0 Å². The summed E-state index contributed by atoms with van der Waals surface area (Å²) in [7, 11) is 3.24. The van der Waals surface area contributed by atoms with E-state index < -0.39 is 9.85 Å². The number of halogens is 3. The highest BCUT2D eigenvalue weighted by molar-refractivity contribution is 6.33. The Hall–Kier alpha value is -4.61. The Morgan fingerprint density at radius 2 is 1.20 bits per heavy atom. The first-order valence-electron chi connectivity index (χ1n) is 12.5. The molecule has 45 heavy (non-hydrogen) atoms. The van der Waals surface area contributed by atoms with Crippen LogP contribution in [0.1, 0.15) is 0 Å². The van der Waals surface area contributed by atoms with Crippen LogP contribution in [0.3, 0.4) is 0 Å². The molecule has 4 rings (SSSR count). The van der Waals surface area contributed by atoms with Crippen molar-refractivity contribution in [3.05, 3.63) is 96.9 Å². The maximum atomic E-state index is 10.9. The minimum atomic E-state index is -0.682. The average Bonchev–Trinajstić information content (AvgIpc) is 3.00. The first kappa shape index (κ1) is 36.6. The summed E-state index contributed by atoms with van der Waals surface area (Å²) in [6.45, 7) is 2.10. The van der Waals surface area contributed by atoms with Crippen LogP contribution in [0.25, 0.3) is 0 Å². The zero-order valence-electron chi connectivity index (χ0n) is 23.8. The zero-order valence-corrected chi connectivity index (χ0v) is 26.0. The van der Waals surface area contributed by atoms with Crippen LogP contribution in [0.5, 0.6) is 11.5 Å². The van der Waals surface area contributed by atoms with Gasteiger partial charge in [-0.3, -0.25) is 20.2 Å². The summed E-state index contributed by atoms with van der Waals surface area (Å²) >= 11 is 16.3. The number of aromatic nitrogens is 4. The van der Waals surface area contributed by atoms with Crippen molar-refractivity contribution in [3.63, 3.8) is 0 Å². The number of nitro groups is 2. The molecule has 0 radical (unpaired) electrons. The summed E-state index contributed by atoms with van der Waals surface area (Å²) in [5, 5.41) is 23.5. The molecule has 0 aliphatic heterocycles. The van der Waals surface area contributed by atoms with Crippen LogP contribution in [0.2, 0.25) is 15.7 Å².